The molecule has 1 aromatic rings. The van der Waals surface area contributed by atoms with Crippen LogP contribution < -0.4 is 0 Å². The van der Waals surface area contributed by atoms with Gasteiger partial charge in [0.25, 0.3) is 0 Å². The molecule has 1 spiro atoms. The molecule has 1 aromatic carbocycles. The number of hydrogen-bond acceptors (Lipinski definition) is 2. The zero-order valence-electron chi connectivity index (χ0n) is 12.6. The van der Waals surface area contributed by atoms with Gasteiger partial charge in [-0.1, -0.05) is 31.4 Å². The summed E-state index contributed by atoms with van der Waals surface area (Å²) in [7, 11) is 0. The van der Waals surface area contributed by atoms with E-state index in [0.717, 1.165) is 13.1 Å². The maximum absolute atomic E-state index is 13.2. The highest BCUT2D eigenvalue weighted by Crippen LogP contribution is 2.44. The molecule has 0 radical (unpaired) electrons. The molecule has 0 N–H and O–H groups in total. The SMILES string of the molecule is O=C(CN1CCC2(CCCCC2)CC1)c1cccc(F)c1. The van der Waals surface area contributed by atoms with Crippen molar-refractivity contribution in [2.45, 2.75) is 44.9 Å². The van der Waals surface area contributed by atoms with Crippen LogP contribution in [0.3, 0.4) is 0 Å². The Labute approximate surface area is 126 Å². The Balaban J connectivity index is 1.54. The van der Waals surface area contributed by atoms with Crippen LogP contribution in [-0.4, -0.2) is 30.3 Å². The van der Waals surface area contributed by atoms with Gasteiger partial charge in [0.2, 0.25) is 0 Å². The monoisotopic (exact) mass is 289 g/mol. The van der Waals surface area contributed by atoms with Gasteiger partial charge in [-0.3, -0.25) is 9.69 Å². The summed E-state index contributed by atoms with van der Waals surface area (Å²) in [5.41, 5.74) is 1.06. The van der Waals surface area contributed by atoms with Crippen molar-refractivity contribution in [3.63, 3.8) is 0 Å². The van der Waals surface area contributed by atoms with Crippen LogP contribution in [0.4, 0.5) is 4.39 Å². The fraction of sp³-hybridized carbons (Fsp3) is 0.611. The van der Waals surface area contributed by atoms with E-state index >= 15 is 0 Å². The van der Waals surface area contributed by atoms with Crippen molar-refractivity contribution in [1.29, 1.82) is 0 Å². The molecule has 2 fully saturated rings. The second kappa shape index (κ2) is 6.27. The Morgan fingerprint density at radius 2 is 1.81 bits per heavy atom. The van der Waals surface area contributed by atoms with E-state index in [1.54, 1.807) is 12.1 Å². The quantitative estimate of drug-likeness (QED) is 0.782. The van der Waals surface area contributed by atoms with Gasteiger partial charge >= 0.3 is 0 Å². The Morgan fingerprint density at radius 3 is 2.48 bits per heavy atom. The van der Waals surface area contributed by atoms with Crippen molar-refractivity contribution in [2.75, 3.05) is 19.6 Å². The summed E-state index contributed by atoms with van der Waals surface area (Å²) < 4.78 is 13.2. The Bertz CT molecular complexity index is 498. The zero-order chi connectivity index (χ0) is 14.7. The highest BCUT2D eigenvalue weighted by Gasteiger charge is 2.35. The van der Waals surface area contributed by atoms with E-state index in [1.165, 1.54) is 57.1 Å². The lowest BCUT2D eigenvalue weighted by atomic mass is 9.68. The molecule has 1 saturated carbocycles. The fourth-order valence-electron chi connectivity index (χ4n) is 3.94. The minimum absolute atomic E-state index is 0.0362. The topological polar surface area (TPSA) is 20.3 Å². The van der Waals surface area contributed by atoms with E-state index in [0.29, 0.717) is 17.5 Å². The van der Waals surface area contributed by atoms with Gasteiger partial charge in [-0.2, -0.15) is 0 Å². The van der Waals surface area contributed by atoms with Gasteiger partial charge in [-0.05, 0) is 56.3 Å². The first-order valence-corrected chi connectivity index (χ1v) is 8.18. The van der Waals surface area contributed by atoms with Gasteiger partial charge in [-0.25, -0.2) is 4.39 Å². The van der Waals surface area contributed by atoms with E-state index in [1.807, 2.05) is 0 Å². The number of rotatable bonds is 3. The number of hydrogen-bond donors (Lipinski definition) is 0. The standard InChI is InChI=1S/C18H24FNO/c19-16-6-4-5-15(13-16)17(21)14-20-11-9-18(10-12-20)7-2-1-3-8-18/h4-6,13H,1-3,7-12,14H2. The summed E-state index contributed by atoms with van der Waals surface area (Å²) in [6, 6.07) is 6.03. The molecule has 0 unspecified atom stereocenters. The molecule has 21 heavy (non-hydrogen) atoms. The van der Waals surface area contributed by atoms with E-state index in [9.17, 15) is 9.18 Å². The van der Waals surface area contributed by atoms with E-state index in [4.69, 9.17) is 0 Å². The van der Waals surface area contributed by atoms with Gasteiger partial charge in [0.1, 0.15) is 5.82 Å². The molecule has 1 aliphatic heterocycles. The van der Waals surface area contributed by atoms with Crippen LogP contribution >= 0.6 is 0 Å². The first-order chi connectivity index (χ1) is 10.2. The van der Waals surface area contributed by atoms with Crippen LogP contribution in [0.5, 0.6) is 0 Å². The number of halogens is 1. The van der Waals surface area contributed by atoms with Crippen LogP contribution in [0.25, 0.3) is 0 Å². The molecule has 1 heterocycles. The summed E-state index contributed by atoms with van der Waals surface area (Å²) in [5.74, 6) is -0.297. The van der Waals surface area contributed by atoms with Gasteiger partial charge in [-0.15, -0.1) is 0 Å². The number of benzene rings is 1. The molecule has 2 aliphatic rings. The number of ketones is 1. The fourth-order valence-corrected chi connectivity index (χ4v) is 3.94. The number of carbonyl (C=O) groups excluding carboxylic acids is 1. The lowest BCUT2D eigenvalue weighted by Gasteiger charge is -2.44. The summed E-state index contributed by atoms with van der Waals surface area (Å²) in [4.78, 5) is 14.5. The number of carbonyl (C=O) groups is 1. The Morgan fingerprint density at radius 1 is 1.10 bits per heavy atom. The third kappa shape index (κ3) is 3.52. The van der Waals surface area contributed by atoms with Crippen LogP contribution in [0.2, 0.25) is 0 Å². The van der Waals surface area contributed by atoms with Crippen molar-refractivity contribution in [3.8, 4) is 0 Å². The lowest BCUT2D eigenvalue weighted by molar-refractivity contribution is 0.0611. The first kappa shape index (κ1) is 14.7. The lowest BCUT2D eigenvalue weighted by Crippen LogP contribution is -2.43. The van der Waals surface area contributed by atoms with Crippen molar-refractivity contribution in [2.24, 2.45) is 5.41 Å². The normalized spacial score (nSPS) is 22.3. The molecule has 3 heteroatoms. The van der Waals surface area contributed by atoms with Gasteiger partial charge < -0.3 is 0 Å². The molecule has 1 aliphatic carbocycles. The minimum Gasteiger partial charge on any atom is -0.296 e. The van der Waals surface area contributed by atoms with E-state index < -0.39 is 0 Å². The van der Waals surface area contributed by atoms with Gasteiger partial charge in [0, 0.05) is 5.56 Å². The summed E-state index contributed by atoms with van der Waals surface area (Å²) in [6.07, 6.45) is 9.35. The Hall–Kier alpha value is -1.22. The van der Waals surface area contributed by atoms with Crippen LogP contribution in [0.15, 0.2) is 24.3 Å². The maximum Gasteiger partial charge on any atom is 0.176 e. The van der Waals surface area contributed by atoms with E-state index in [2.05, 4.69) is 4.90 Å². The van der Waals surface area contributed by atoms with E-state index in [-0.39, 0.29) is 11.6 Å². The van der Waals surface area contributed by atoms with Crippen LogP contribution in [0, 0.1) is 11.2 Å². The van der Waals surface area contributed by atoms with Gasteiger partial charge in [0.15, 0.2) is 5.78 Å². The smallest absolute Gasteiger partial charge is 0.176 e. The zero-order valence-corrected chi connectivity index (χ0v) is 12.6. The number of likely N-dealkylation sites (tertiary alicyclic amines) is 1. The molecule has 0 bridgehead atoms. The molecule has 1 saturated heterocycles. The number of Topliss-reactive ketones (excluding diaryl/α,β-unsaturated/α-hetero) is 1. The summed E-state index contributed by atoms with van der Waals surface area (Å²) in [6.45, 7) is 2.46. The molecular formula is C18H24FNO. The predicted octanol–water partition coefficient (Wildman–Crippen LogP) is 4.05. The number of piperidine rings is 1. The molecule has 2 nitrogen and oxygen atoms in total. The third-order valence-electron chi connectivity index (χ3n) is 5.34. The molecule has 0 amide bonds. The predicted molar refractivity (Wildman–Crippen MR) is 81.9 cm³/mol. The van der Waals surface area contributed by atoms with Crippen molar-refractivity contribution in [1.82, 2.24) is 4.90 Å². The van der Waals surface area contributed by atoms with Crippen molar-refractivity contribution < 1.29 is 9.18 Å². The Kier molecular flexibility index (Phi) is 4.39. The third-order valence-corrected chi connectivity index (χ3v) is 5.34. The minimum atomic E-state index is -0.333. The summed E-state index contributed by atoms with van der Waals surface area (Å²) >= 11 is 0. The first-order valence-electron chi connectivity index (χ1n) is 8.18. The summed E-state index contributed by atoms with van der Waals surface area (Å²) in [5, 5.41) is 0. The number of nitrogens with zero attached hydrogens (tertiary/aromatic N) is 1. The maximum atomic E-state index is 13.2. The molecule has 0 atom stereocenters. The molecular weight excluding hydrogens is 265 g/mol. The van der Waals surface area contributed by atoms with Crippen LogP contribution in [-0.2, 0) is 0 Å². The molecule has 3 rings (SSSR count). The second-order valence-electron chi connectivity index (χ2n) is 6.77. The van der Waals surface area contributed by atoms with Gasteiger partial charge in [0.05, 0.1) is 6.54 Å². The largest absolute Gasteiger partial charge is 0.296 e. The average Bonchev–Trinajstić information content (AvgIpc) is 2.51. The molecule has 114 valence electrons. The van der Waals surface area contributed by atoms with Crippen molar-refractivity contribution in [3.05, 3.63) is 35.6 Å². The highest BCUT2D eigenvalue weighted by molar-refractivity contribution is 5.97. The van der Waals surface area contributed by atoms with Crippen molar-refractivity contribution >= 4 is 5.78 Å². The van der Waals surface area contributed by atoms with Crippen LogP contribution in [0.1, 0.15) is 55.3 Å². The average molecular weight is 289 g/mol. The second-order valence-corrected chi connectivity index (χ2v) is 6.77. The molecule has 0 aromatic heterocycles. The highest BCUT2D eigenvalue weighted by atomic mass is 19.1.